The van der Waals surface area contributed by atoms with Crippen molar-refractivity contribution in [2.75, 3.05) is 5.32 Å². The molecular weight excluding hydrogens is 414 g/mol. The van der Waals surface area contributed by atoms with E-state index in [1.54, 1.807) is 0 Å². The standard InChI is InChI=1S/C23H19N3O4S/c1-2-14-3-5-15(6-4-14)18-12-31-21-20(18)22(28)26(13-24-21)11-19(27)25-17-9-7-16(8-10-17)23(29)30/h3-10,12-13H,2,11H2,1H3,(H,25,27)(H,29,30). The molecule has 0 spiro atoms. The normalized spacial score (nSPS) is 10.9. The first-order valence-electron chi connectivity index (χ1n) is 9.65. The molecular formula is C23H19N3O4S. The van der Waals surface area contributed by atoms with E-state index in [2.05, 4.69) is 17.2 Å². The Balaban J connectivity index is 1.59. The van der Waals surface area contributed by atoms with Gasteiger partial charge in [-0.3, -0.25) is 14.2 Å². The quantitative estimate of drug-likeness (QED) is 0.478. The van der Waals surface area contributed by atoms with Crippen LogP contribution < -0.4 is 10.9 Å². The molecule has 0 saturated heterocycles. The first-order chi connectivity index (χ1) is 15.0. The van der Waals surface area contributed by atoms with Gasteiger partial charge in [0, 0.05) is 16.6 Å². The zero-order valence-corrected chi connectivity index (χ0v) is 17.5. The molecule has 0 bridgehead atoms. The van der Waals surface area contributed by atoms with Gasteiger partial charge in [-0.15, -0.1) is 11.3 Å². The number of aromatic nitrogens is 2. The van der Waals surface area contributed by atoms with Gasteiger partial charge in [0.15, 0.2) is 0 Å². The van der Waals surface area contributed by atoms with Gasteiger partial charge in [-0.05, 0) is 41.8 Å². The van der Waals surface area contributed by atoms with Crippen molar-refractivity contribution in [1.29, 1.82) is 0 Å². The number of aryl methyl sites for hydroxylation is 1. The number of nitrogens with zero attached hydrogens (tertiary/aromatic N) is 2. The van der Waals surface area contributed by atoms with Crippen molar-refractivity contribution < 1.29 is 14.7 Å². The van der Waals surface area contributed by atoms with Gasteiger partial charge in [0.1, 0.15) is 11.4 Å². The lowest BCUT2D eigenvalue weighted by molar-refractivity contribution is -0.116. The molecule has 31 heavy (non-hydrogen) atoms. The Kier molecular flexibility index (Phi) is 5.64. The van der Waals surface area contributed by atoms with Gasteiger partial charge >= 0.3 is 5.97 Å². The maximum absolute atomic E-state index is 13.1. The Morgan fingerprint density at radius 3 is 2.45 bits per heavy atom. The van der Waals surface area contributed by atoms with E-state index in [9.17, 15) is 14.4 Å². The predicted molar refractivity (Wildman–Crippen MR) is 121 cm³/mol. The maximum atomic E-state index is 13.1. The van der Waals surface area contributed by atoms with E-state index >= 15 is 0 Å². The highest BCUT2D eigenvalue weighted by molar-refractivity contribution is 7.17. The fourth-order valence-electron chi connectivity index (χ4n) is 3.26. The van der Waals surface area contributed by atoms with E-state index < -0.39 is 11.9 Å². The van der Waals surface area contributed by atoms with Crippen molar-refractivity contribution in [2.45, 2.75) is 19.9 Å². The predicted octanol–water partition coefficient (Wildman–Crippen LogP) is 4.02. The summed E-state index contributed by atoms with van der Waals surface area (Å²) in [5, 5.41) is 14.0. The van der Waals surface area contributed by atoms with E-state index in [0.29, 0.717) is 15.9 Å². The second kappa shape index (κ2) is 8.53. The third-order valence-corrected chi connectivity index (χ3v) is 5.85. The fourth-order valence-corrected chi connectivity index (χ4v) is 4.17. The van der Waals surface area contributed by atoms with E-state index in [4.69, 9.17) is 5.11 Å². The molecule has 8 heteroatoms. The van der Waals surface area contributed by atoms with Gasteiger partial charge in [0.2, 0.25) is 5.91 Å². The summed E-state index contributed by atoms with van der Waals surface area (Å²) in [6.45, 7) is 1.88. The maximum Gasteiger partial charge on any atom is 0.335 e. The molecule has 0 aliphatic carbocycles. The number of nitrogens with one attached hydrogen (secondary N) is 1. The van der Waals surface area contributed by atoms with Crippen LogP contribution in [0.3, 0.4) is 0 Å². The Morgan fingerprint density at radius 1 is 1.10 bits per heavy atom. The number of carbonyl (C=O) groups excluding carboxylic acids is 1. The van der Waals surface area contributed by atoms with E-state index in [0.717, 1.165) is 17.5 Å². The molecule has 2 aromatic heterocycles. The minimum Gasteiger partial charge on any atom is -0.478 e. The number of carbonyl (C=O) groups is 2. The molecule has 0 atom stereocenters. The van der Waals surface area contributed by atoms with Crippen molar-refractivity contribution in [2.24, 2.45) is 0 Å². The fraction of sp³-hybridized carbons (Fsp3) is 0.130. The summed E-state index contributed by atoms with van der Waals surface area (Å²) in [7, 11) is 0. The number of anilines is 1. The summed E-state index contributed by atoms with van der Waals surface area (Å²) in [4.78, 5) is 41.4. The van der Waals surface area contributed by atoms with Crippen LogP contribution in [0.25, 0.3) is 21.3 Å². The average Bonchev–Trinajstić information content (AvgIpc) is 3.21. The summed E-state index contributed by atoms with van der Waals surface area (Å²) >= 11 is 1.39. The lowest BCUT2D eigenvalue weighted by Gasteiger charge is -2.08. The van der Waals surface area contributed by atoms with Crippen LogP contribution in [0.1, 0.15) is 22.8 Å². The molecule has 4 aromatic rings. The number of rotatable bonds is 6. The zero-order valence-electron chi connectivity index (χ0n) is 16.7. The Labute approximate surface area is 181 Å². The van der Waals surface area contributed by atoms with Gasteiger partial charge in [0.05, 0.1) is 17.3 Å². The molecule has 0 unspecified atom stereocenters. The van der Waals surface area contributed by atoms with Crippen LogP contribution in [0, 0.1) is 0 Å². The number of amides is 1. The van der Waals surface area contributed by atoms with E-state index in [-0.39, 0.29) is 17.7 Å². The molecule has 2 heterocycles. The Hall–Kier alpha value is -3.78. The minimum atomic E-state index is -1.04. The molecule has 0 saturated carbocycles. The summed E-state index contributed by atoms with van der Waals surface area (Å²) in [5.74, 6) is -1.45. The molecule has 0 aliphatic heterocycles. The molecule has 0 radical (unpaired) electrons. The minimum absolute atomic E-state index is 0.126. The van der Waals surface area contributed by atoms with Crippen LogP contribution in [0.2, 0.25) is 0 Å². The van der Waals surface area contributed by atoms with Crippen LogP contribution in [0.15, 0.2) is 65.0 Å². The zero-order chi connectivity index (χ0) is 22.0. The number of aromatic carboxylic acids is 1. The third kappa shape index (κ3) is 4.24. The lowest BCUT2D eigenvalue weighted by Crippen LogP contribution is -2.27. The monoisotopic (exact) mass is 433 g/mol. The smallest absolute Gasteiger partial charge is 0.335 e. The molecule has 4 rings (SSSR count). The van der Waals surface area contributed by atoms with E-state index in [1.165, 1.54) is 52.1 Å². The molecule has 7 nitrogen and oxygen atoms in total. The highest BCUT2D eigenvalue weighted by atomic mass is 32.1. The Morgan fingerprint density at radius 2 is 1.81 bits per heavy atom. The number of thiophene rings is 1. The van der Waals surface area contributed by atoms with Crippen LogP contribution in [-0.4, -0.2) is 26.5 Å². The van der Waals surface area contributed by atoms with Gasteiger partial charge in [-0.1, -0.05) is 31.2 Å². The molecule has 156 valence electrons. The second-order valence-corrected chi connectivity index (χ2v) is 7.85. The lowest BCUT2D eigenvalue weighted by atomic mass is 10.0. The second-order valence-electron chi connectivity index (χ2n) is 6.99. The van der Waals surface area contributed by atoms with Gasteiger partial charge in [0.25, 0.3) is 5.56 Å². The third-order valence-electron chi connectivity index (χ3n) is 4.96. The number of hydrogen-bond donors (Lipinski definition) is 2. The van der Waals surface area contributed by atoms with Crippen LogP contribution in [-0.2, 0) is 17.8 Å². The average molecular weight is 433 g/mol. The highest BCUT2D eigenvalue weighted by Gasteiger charge is 2.15. The van der Waals surface area contributed by atoms with Crippen molar-refractivity contribution in [1.82, 2.24) is 9.55 Å². The molecule has 2 aromatic carbocycles. The van der Waals surface area contributed by atoms with Crippen molar-refractivity contribution in [3.05, 3.63) is 81.7 Å². The van der Waals surface area contributed by atoms with Crippen molar-refractivity contribution in [3.8, 4) is 11.1 Å². The number of hydrogen-bond acceptors (Lipinski definition) is 5. The summed E-state index contributed by atoms with van der Waals surface area (Å²) in [6, 6.07) is 13.9. The first kappa shape index (κ1) is 20.5. The van der Waals surface area contributed by atoms with Crippen molar-refractivity contribution >= 4 is 39.1 Å². The highest BCUT2D eigenvalue weighted by Crippen LogP contribution is 2.30. The summed E-state index contributed by atoms with van der Waals surface area (Å²) in [5.41, 5.74) is 3.25. The molecule has 0 aliphatic rings. The SMILES string of the molecule is CCc1ccc(-c2csc3ncn(CC(=O)Nc4ccc(C(=O)O)cc4)c(=O)c23)cc1. The summed E-state index contributed by atoms with van der Waals surface area (Å²) in [6.07, 6.45) is 2.31. The Bertz CT molecular complexity index is 1320. The van der Waals surface area contributed by atoms with Crippen LogP contribution in [0.5, 0.6) is 0 Å². The van der Waals surface area contributed by atoms with E-state index in [1.807, 2.05) is 29.6 Å². The van der Waals surface area contributed by atoms with Crippen molar-refractivity contribution in [3.63, 3.8) is 0 Å². The number of carboxylic acid groups (broad SMARTS) is 1. The van der Waals surface area contributed by atoms with Gasteiger partial charge in [-0.2, -0.15) is 0 Å². The molecule has 0 fully saturated rings. The molecule has 1 amide bonds. The summed E-state index contributed by atoms with van der Waals surface area (Å²) < 4.78 is 1.28. The van der Waals surface area contributed by atoms with Gasteiger partial charge < -0.3 is 10.4 Å². The largest absolute Gasteiger partial charge is 0.478 e. The number of benzene rings is 2. The molecule has 2 N–H and O–H groups in total. The van der Waals surface area contributed by atoms with Crippen LogP contribution >= 0.6 is 11.3 Å². The number of carboxylic acids is 1. The van der Waals surface area contributed by atoms with Crippen LogP contribution in [0.4, 0.5) is 5.69 Å². The first-order valence-corrected chi connectivity index (χ1v) is 10.5. The topological polar surface area (TPSA) is 101 Å². The number of fused-ring (bicyclic) bond motifs is 1. The van der Waals surface area contributed by atoms with Gasteiger partial charge in [-0.25, -0.2) is 9.78 Å².